The van der Waals surface area contributed by atoms with Crippen LogP contribution in [0.25, 0.3) is 0 Å². The summed E-state index contributed by atoms with van der Waals surface area (Å²) >= 11 is 0. The van der Waals surface area contributed by atoms with E-state index in [1.54, 1.807) is 12.0 Å². The second-order valence-corrected chi connectivity index (χ2v) is 7.14. The number of hydrogen-bond donors (Lipinski definition) is 1. The van der Waals surface area contributed by atoms with E-state index in [9.17, 15) is 4.79 Å². The molecule has 1 aromatic carbocycles. The SMILES string of the molecule is COc1ccc(C(=O)N2CC[NH+](C3CCC(C)CC3)CC2)cc1. The Hall–Kier alpha value is -1.55. The van der Waals surface area contributed by atoms with Gasteiger partial charge in [-0.2, -0.15) is 0 Å². The van der Waals surface area contributed by atoms with E-state index in [0.717, 1.165) is 49.5 Å². The number of nitrogens with one attached hydrogen (secondary N) is 1. The molecule has 0 atom stereocenters. The summed E-state index contributed by atoms with van der Waals surface area (Å²) in [5.41, 5.74) is 0.765. The summed E-state index contributed by atoms with van der Waals surface area (Å²) in [4.78, 5) is 16.3. The van der Waals surface area contributed by atoms with Crippen molar-refractivity contribution in [2.75, 3.05) is 33.3 Å². The molecule has 4 nitrogen and oxygen atoms in total. The Morgan fingerprint density at radius 1 is 1.09 bits per heavy atom. The van der Waals surface area contributed by atoms with Gasteiger partial charge in [0.25, 0.3) is 5.91 Å². The molecule has 0 bridgehead atoms. The summed E-state index contributed by atoms with van der Waals surface area (Å²) in [5, 5.41) is 0. The van der Waals surface area contributed by atoms with E-state index in [1.165, 1.54) is 25.7 Å². The van der Waals surface area contributed by atoms with Gasteiger partial charge >= 0.3 is 0 Å². The van der Waals surface area contributed by atoms with Crippen molar-refractivity contribution in [3.63, 3.8) is 0 Å². The minimum atomic E-state index is 0.156. The highest BCUT2D eigenvalue weighted by Gasteiger charge is 2.31. The molecule has 0 unspecified atom stereocenters. The van der Waals surface area contributed by atoms with E-state index in [2.05, 4.69) is 6.92 Å². The Balaban J connectivity index is 1.52. The summed E-state index contributed by atoms with van der Waals surface area (Å²) < 4.78 is 5.15. The number of rotatable bonds is 3. The maximum absolute atomic E-state index is 12.6. The fourth-order valence-corrected chi connectivity index (χ4v) is 3.99. The lowest BCUT2D eigenvalue weighted by atomic mass is 9.86. The second kappa shape index (κ2) is 7.35. The average Bonchev–Trinajstić information content (AvgIpc) is 2.62. The van der Waals surface area contributed by atoms with Gasteiger partial charge in [-0.05, 0) is 55.9 Å². The van der Waals surface area contributed by atoms with Crippen molar-refractivity contribution in [3.05, 3.63) is 29.8 Å². The summed E-state index contributed by atoms with van der Waals surface area (Å²) in [6, 6.07) is 8.27. The van der Waals surface area contributed by atoms with E-state index in [1.807, 2.05) is 29.2 Å². The number of hydrogen-bond acceptors (Lipinski definition) is 2. The van der Waals surface area contributed by atoms with Crippen molar-refractivity contribution in [1.29, 1.82) is 0 Å². The van der Waals surface area contributed by atoms with Crippen molar-refractivity contribution in [1.82, 2.24) is 4.90 Å². The second-order valence-electron chi connectivity index (χ2n) is 7.14. The number of amides is 1. The lowest BCUT2D eigenvalue weighted by molar-refractivity contribution is -0.930. The van der Waals surface area contributed by atoms with Gasteiger partial charge in [-0.1, -0.05) is 6.92 Å². The zero-order valence-corrected chi connectivity index (χ0v) is 14.4. The average molecular weight is 317 g/mol. The summed E-state index contributed by atoms with van der Waals surface area (Å²) in [5.74, 6) is 1.86. The smallest absolute Gasteiger partial charge is 0.254 e. The first-order valence-corrected chi connectivity index (χ1v) is 8.95. The zero-order valence-electron chi connectivity index (χ0n) is 14.4. The largest absolute Gasteiger partial charge is 0.497 e. The maximum atomic E-state index is 12.6. The van der Waals surface area contributed by atoms with Gasteiger partial charge in [0, 0.05) is 5.56 Å². The molecule has 2 fully saturated rings. The fourth-order valence-electron chi connectivity index (χ4n) is 3.99. The molecule has 1 saturated heterocycles. The molecule has 1 amide bonds. The Bertz CT molecular complexity index is 513. The first-order chi connectivity index (χ1) is 11.2. The van der Waals surface area contributed by atoms with E-state index in [-0.39, 0.29) is 5.91 Å². The van der Waals surface area contributed by atoms with Crippen molar-refractivity contribution < 1.29 is 14.4 Å². The molecule has 1 saturated carbocycles. The van der Waals surface area contributed by atoms with Gasteiger partial charge in [-0.15, -0.1) is 0 Å². The van der Waals surface area contributed by atoms with Crippen LogP contribution in [0.15, 0.2) is 24.3 Å². The molecule has 1 heterocycles. The standard InChI is InChI=1S/C19H28N2O2/c1-15-3-7-17(8-4-15)20-11-13-21(14-12-20)19(22)16-5-9-18(23-2)10-6-16/h5-6,9-10,15,17H,3-4,7-8,11-14H2,1-2H3/p+1. The van der Waals surface area contributed by atoms with Crippen molar-refractivity contribution in [2.24, 2.45) is 5.92 Å². The maximum Gasteiger partial charge on any atom is 0.254 e. The third-order valence-corrected chi connectivity index (χ3v) is 5.62. The molecule has 1 aromatic rings. The molecule has 0 aromatic heterocycles. The molecule has 0 spiro atoms. The molecule has 1 N–H and O–H groups in total. The highest BCUT2D eigenvalue weighted by molar-refractivity contribution is 5.94. The minimum absolute atomic E-state index is 0.156. The van der Waals surface area contributed by atoms with Crippen LogP contribution in [0.5, 0.6) is 5.75 Å². The summed E-state index contributed by atoms with van der Waals surface area (Å²) in [7, 11) is 1.64. The normalized spacial score (nSPS) is 26.1. The molecule has 1 aliphatic carbocycles. The van der Waals surface area contributed by atoms with Crippen LogP contribution in [-0.4, -0.2) is 50.1 Å². The number of ether oxygens (including phenoxy) is 1. The van der Waals surface area contributed by atoms with Crippen LogP contribution in [0, 0.1) is 5.92 Å². The van der Waals surface area contributed by atoms with Crippen LogP contribution in [-0.2, 0) is 0 Å². The topological polar surface area (TPSA) is 34.0 Å². The predicted octanol–water partition coefficient (Wildman–Crippen LogP) is 1.61. The summed E-state index contributed by atoms with van der Waals surface area (Å²) in [6.07, 6.45) is 5.48. The molecule has 4 heteroatoms. The monoisotopic (exact) mass is 317 g/mol. The quantitative estimate of drug-likeness (QED) is 0.919. The number of nitrogens with zero attached hydrogens (tertiary/aromatic N) is 1. The molecular formula is C19H29N2O2+. The van der Waals surface area contributed by atoms with Crippen molar-refractivity contribution >= 4 is 5.91 Å². The lowest BCUT2D eigenvalue weighted by Gasteiger charge is -2.39. The van der Waals surface area contributed by atoms with Crippen molar-refractivity contribution in [3.8, 4) is 5.75 Å². The van der Waals surface area contributed by atoms with Crippen LogP contribution >= 0.6 is 0 Å². The zero-order chi connectivity index (χ0) is 16.2. The van der Waals surface area contributed by atoms with E-state index >= 15 is 0 Å². The molecule has 2 aliphatic rings. The Kier molecular flexibility index (Phi) is 5.21. The number of benzene rings is 1. The minimum Gasteiger partial charge on any atom is -0.497 e. The number of carbonyl (C=O) groups is 1. The Morgan fingerprint density at radius 3 is 2.26 bits per heavy atom. The highest BCUT2D eigenvalue weighted by Crippen LogP contribution is 2.22. The van der Waals surface area contributed by atoms with E-state index in [4.69, 9.17) is 4.74 Å². The van der Waals surface area contributed by atoms with Crippen LogP contribution < -0.4 is 9.64 Å². The van der Waals surface area contributed by atoms with Crippen LogP contribution in [0.2, 0.25) is 0 Å². The van der Waals surface area contributed by atoms with Crippen LogP contribution in [0.3, 0.4) is 0 Å². The molecule has 126 valence electrons. The van der Waals surface area contributed by atoms with Crippen LogP contribution in [0.1, 0.15) is 43.0 Å². The third kappa shape index (κ3) is 3.86. The van der Waals surface area contributed by atoms with Gasteiger partial charge in [0.2, 0.25) is 0 Å². The number of methoxy groups -OCH3 is 1. The number of quaternary nitrogens is 1. The number of piperazine rings is 1. The lowest BCUT2D eigenvalue weighted by Crippen LogP contribution is -3.18. The van der Waals surface area contributed by atoms with Crippen molar-refractivity contribution in [2.45, 2.75) is 38.6 Å². The molecule has 0 radical (unpaired) electrons. The van der Waals surface area contributed by atoms with Gasteiger partial charge in [-0.3, -0.25) is 4.79 Å². The van der Waals surface area contributed by atoms with Gasteiger partial charge in [-0.25, -0.2) is 0 Å². The highest BCUT2D eigenvalue weighted by atomic mass is 16.5. The number of carbonyl (C=O) groups excluding carboxylic acids is 1. The molecule has 1 aliphatic heterocycles. The predicted molar refractivity (Wildman–Crippen MR) is 91.0 cm³/mol. The van der Waals surface area contributed by atoms with Gasteiger partial charge in [0.15, 0.2) is 0 Å². The molecule has 23 heavy (non-hydrogen) atoms. The van der Waals surface area contributed by atoms with E-state index in [0.29, 0.717) is 0 Å². The first kappa shape index (κ1) is 16.3. The van der Waals surface area contributed by atoms with E-state index < -0.39 is 0 Å². The fraction of sp³-hybridized carbons (Fsp3) is 0.632. The molecule has 3 rings (SSSR count). The van der Waals surface area contributed by atoms with Gasteiger partial charge in [0.05, 0.1) is 39.3 Å². The Labute approximate surface area is 139 Å². The van der Waals surface area contributed by atoms with Gasteiger partial charge < -0.3 is 14.5 Å². The third-order valence-electron chi connectivity index (χ3n) is 5.62. The van der Waals surface area contributed by atoms with Gasteiger partial charge in [0.1, 0.15) is 5.75 Å². The molecular weight excluding hydrogens is 288 g/mol. The van der Waals surface area contributed by atoms with Crippen LogP contribution in [0.4, 0.5) is 0 Å². The first-order valence-electron chi connectivity index (χ1n) is 8.95. The Morgan fingerprint density at radius 2 is 1.70 bits per heavy atom. The summed E-state index contributed by atoms with van der Waals surface area (Å²) in [6.45, 7) is 6.33.